The highest BCUT2D eigenvalue weighted by Gasteiger charge is 2.32. The number of nitrogens with zero attached hydrogens (tertiary/aromatic N) is 1. The minimum atomic E-state index is -0.608. The fourth-order valence-corrected chi connectivity index (χ4v) is 3.67. The van der Waals surface area contributed by atoms with Crippen molar-refractivity contribution in [1.82, 2.24) is 0 Å². The Bertz CT molecular complexity index is 1190. The third-order valence-corrected chi connectivity index (χ3v) is 5.59. The molecule has 1 heterocycles. The van der Waals surface area contributed by atoms with Gasteiger partial charge in [-0.3, -0.25) is 9.59 Å². The normalized spacial score (nSPS) is 15.4. The van der Waals surface area contributed by atoms with Crippen LogP contribution < -0.4 is 15.0 Å². The van der Waals surface area contributed by atoms with Crippen LogP contribution in [0.15, 0.2) is 72.8 Å². The lowest BCUT2D eigenvalue weighted by Crippen LogP contribution is -2.44. The number of aryl methyl sites for hydroxylation is 1. The van der Waals surface area contributed by atoms with Crippen molar-refractivity contribution in [2.45, 2.75) is 26.5 Å². The van der Waals surface area contributed by atoms with Gasteiger partial charge in [-0.2, -0.15) is 0 Å². The maximum Gasteiger partial charge on any atom is 0.268 e. The maximum absolute atomic E-state index is 12.9. The lowest BCUT2D eigenvalue weighted by molar-refractivity contribution is -0.125. The van der Waals surface area contributed by atoms with E-state index in [1.54, 1.807) is 42.2 Å². The van der Waals surface area contributed by atoms with Gasteiger partial charge in [0.25, 0.3) is 5.91 Å². The van der Waals surface area contributed by atoms with Crippen molar-refractivity contribution in [3.8, 4) is 5.75 Å². The van der Waals surface area contributed by atoms with E-state index in [1.165, 1.54) is 6.08 Å². The van der Waals surface area contributed by atoms with Crippen LogP contribution >= 0.6 is 11.6 Å². The first kappa shape index (κ1) is 21.7. The van der Waals surface area contributed by atoms with Gasteiger partial charge in [0, 0.05) is 16.8 Å². The second-order valence-electron chi connectivity index (χ2n) is 7.69. The summed E-state index contributed by atoms with van der Waals surface area (Å²) in [6, 6.07) is 20.6. The number of hydrogen-bond donors (Lipinski definition) is 1. The van der Waals surface area contributed by atoms with E-state index in [1.807, 2.05) is 49.4 Å². The van der Waals surface area contributed by atoms with Gasteiger partial charge >= 0.3 is 0 Å². The lowest BCUT2D eigenvalue weighted by atomic mass is 10.1. The quantitative estimate of drug-likeness (QED) is 0.518. The SMILES string of the molecule is Cc1ccc(/C=C/C(=O)Nc2ccc3c(c2)N(Cc2ccccc2Cl)C(=O)C(C)O3)cc1. The van der Waals surface area contributed by atoms with Crippen molar-refractivity contribution in [3.05, 3.63) is 94.5 Å². The molecule has 1 unspecified atom stereocenters. The Morgan fingerprint density at radius 2 is 1.88 bits per heavy atom. The standard InChI is InChI=1S/C26H23ClN2O3/c1-17-7-9-19(10-8-17)11-14-25(30)28-21-12-13-24-23(15-21)29(26(31)18(2)32-24)16-20-5-3-4-6-22(20)27/h3-15,18H,16H2,1-2H3,(H,28,30)/b14-11+. The molecule has 162 valence electrons. The summed E-state index contributed by atoms with van der Waals surface area (Å²) in [5, 5.41) is 3.44. The summed E-state index contributed by atoms with van der Waals surface area (Å²) in [6.07, 6.45) is 2.63. The lowest BCUT2D eigenvalue weighted by Gasteiger charge is -2.33. The zero-order valence-corrected chi connectivity index (χ0v) is 18.6. The maximum atomic E-state index is 12.9. The third kappa shape index (κ3) is 4.84. The molecular formula is C26H23ClN2O3. The van der Waals surface area contributed by atoms with Crippen molar-refractivity contribution in [3.63, 3.8) is 0 Å². The van der Waals surface area contributed by atoms with Gasteiger partial charge in [0.2, 0.25) is 5.91 Å². The molecule has 0 saturated heterocycles. The number of fused-ring (bicyclic) bond motifs is 1. The van der Waals surface area contributed by atoms with Gasteiger partial charge in [-0.25, -0.2) is 0 Å². The van der Waals surface area contributed by atoms with Gasteiger partial charge in [-0.15, -0.1) is 0 Å². The molecule has 5 nitrogen and oxygen atoms in total. The van der Waals surface area contributed by atoms with Crippen molar-refractivity contribution in [2.24, 2.45) is 0 Å². The molecule has 0 fully saturated rings. The molecule has 1 aliphatic rings. The molecule has 0 bridgehead atoms. The first-order valence-corrected chi connectivity index (χ1v) is 10.7. The first-order chi connectivity index (χ1) is 15.4. The molecule has 6 heteroatoms. The van der Waals surface area contributed by atoms with Crippen LogP contribution in [0.25, 0.3) is 6.08 Å². The van der Waals surface area contributed by atoms with Crippen LogP contribution in [0.4, 0.5) is 11.4 Å². The van der Waals surface area contributed by atoms with Gasteiger partial charge in [-0.1, -0.05) is 59.6 Å². The van der Waals surface area contributed by atoms with E-state index in [-0.39, 0.29) is 11.8 Å². The number of halogens is 1. The Kier molecular flexibility index (Phi) is 6.28. The van der Waals surface area contributed by atoms with Crippen molar-refractivity contribution in [2.75, 3.05) is 10.2 Å². The number of hydrogen-bond acceptors (Lipinski definition) is 3. The van der Waals surface area contributed by atoms with E-state index in [0.29, 0.717) is 28.7 Å². The summed E-state index contributed by atoms with van der Waals surface area (Å²) >= 11 is 6.31. The first-order valence-electron chi connectivity index (χ1n) is 10.3. The highest BCUT2D eigenvalue weighted by atomic mass is 35.5. The van der Waals surface area contributed by atoms with Crippen molar-refractivity contribution in [1.29, 1.82) is 0 Å². The number of nitrogens with one attached hydrogen (secondary N) is 1. The number of amides is 2. The van der Waals surface area contributed by atoms with Gasteiger partial charge in [0.15, 0.2) is 6.10 Å². The number of ether oxygens (including phenoxy) is 1. The monoisotopic (exact) mass is 446 g/mol. The van der Waals surface area contributed by atoms with Crippen LogP contribution in [-0.4, -0.2) is 17.9 Å². The minimum absolute atomic E-state index is 0.167. The van der Waals surface area contributed by atoms with E-state index >= 15 is 0 Å². The molecule has 0 saturated carbocycles. The number of rotatable bonds is 5. The molecule has 0 spiro atoms. The van der Waals surface area contributed by atoms with Gasteiger partial charge in [0.05, 0.1) is 12.2 Å². The van der Waals surface area contributed by atoms with E-state index in [4.69, 9.17) is 16.3 Å². The van der Waals surface area contributed by atoms with Gasteiger partial charge in [-0.05, 0) is 55.3 Å². The Morgan fingerprint density at radius 3 is 2.62 bits per heavy atom. The molecule has 1 N–H and O–H groups in total. The Balaban J connectivity index is 1.55. The molecule has 1 aliphatic heterocycles. The molecule has 0 aromatic heterocycles. The zero-order chi connectivity index (χ0) is 22.7. The second-order valence-corrected chi connectivity index (χ2v) is 8.10. The number of benzene rings is 3. The molecule has 0 aliphatic carbocycles. The van der Waals surface area contributed by atoms with Crippen molar-refractivity contribution >= 4 is 40.9 Å². The van der Waals surface area contributed by atoms with Crippen LogP contribution in [0.5, 0.6) is 5.75 Å². The molecule has 4 rings (SSSR count). The van der Waals surface area contributed by atoms with E-state index < -0.39 is 6.10 Å². The topological polar surface area (TPSA) is 58.6 Å². The van der Waals surface area contributed by atoms with Gasteiger partial charge < -0.3 is 15.0 Å². The molecule has 2 amide bonds. The Hall–Kier alpha value is -3.57. The van der Waals surface area contributed by atoms with E-state index in [0.717, 1.165) is 16.7 Å². The van der Waals surface area contributed by atoms with E-state index in [2.05, 4.69) is 5.32 Å². The summed E-state index contributed by atoms with van der Waals surface area (Å²) in [4.78, 5) is 26.9. The molecule has 3 aromatic rings. The summed E-state index contributed by atoms with van der Waals surface area (Å²) in [7, 11) is 0. The predicted octanol–water partition coefficient (Wildman–Crippen LogP) is 5.61. The van der Waals surface area contributed by atoms with Crippen LogP contribution in [0.3, 0.4) is 0 Å². The molecule has 0 radical (unpaired) electrons. The third-order valence-electron chi connectivity index (χ3n) is 5.23. The van der Waals surface area contributed by atoms with Crippen LogP contribution in [0.1, 0.15) is 23.6 Å². The second kappa shape index (κ2) is 9.28. The molecule has 3 aromatic carbocycles. The zero-order valence-electron chi connectivity index (χ0n) is 17.8. The summed E-state index contributed by atoms with van der Waals surface area (Å²) in [5.74, 6) is 0.150. The number of anilines is 2. The summed E-state index contributed by atoms with van der Waals surface area (Å²) < 4.78 is 5.77. The fourth-order valence-electron chi connectivity index (χ4n) is 3.48. The Labute approximate surface area is 192 Å². The van der Waals surface area contributed by atoms with Crippen LogP contribution in [-0.2, 0) is 16.1 Å². The number of carbonyl (C=O) groups is 2. The van der Waals surface area contributed by atoms with Gasteiger partial charge in [0.1, 0.15) is 5.75 Å². The smallest absolute Gasteiger partial charge is 0.268 e. The largest absolute Gasteiger partial charge is 0.479 e. The van der Waals surface area contributed by atoms with Crippen LogP contribution in [0.2, 0.25) is 5.02 Å². The van der Waals surface area contributed by atoms with Crippen LogP contribution in [0, 0.1) is 6.92 Å². The minimum Gasteiger partial charge on any atom is -0.479 e. The Morgan fingerprint density at radius 1 is 1.12 bits per heavy atom. The average Bonchev–Trinajstić information content (AvgIpc) is 2.78. The average molecular weight is 447 g/mol. The van der Waals surface area contributed by atoms with E-state index in [9.17, 15) is 9.59 Å². The summed E-state index contributed by atoms with van der Waals surface area (Å²) in [6.45, 7) is 4.04. The molecular weight excluding hydrogens is 424 g/mol. The highest BCUT2D eigenvalue weighted by Crippen LogP contribution is 2.37. The molecule has 32 heavy (non-hydrogen) atoms. The predicted molar refractivity (Wildman–Crippen MR) is 128 cm³/mol. The number of carbonyl (C=O) groups excluding carboxylic acids is 2. The molecule has 1 atom stereocenters. The van der Waals surface area contributed by atoms with Crippen molar-refractivity contribution < 1.29 is 14.3 Å². The summed E-state index contributed by atoms with van der Waals surface area (Å²) in [5.41, 5.74) is 4.09. The highest BCUT2D eigenvalue weighted by molar-refractivity contribution is 6.31. The fraction of sp³-hybridized carbons (Fsp3) is 0.154.